The van der Waals surface area contributed by atoms with Crippen LogP contribution in [0.3, 0.4) is 0 Å². The molecule has 2 aromatic rings. The topological polar surface area (TPSA) is 50.8 Å². The number of carbonyl (C=O) groups is 1. The van der Waals surface area contributed by atoms with Gasteiger partial charge >= 0.3 is 6.18 Å². The van der Waals surface area contributed by atoms with Crippen molar-refractivity contribution in [3.8, 4) is 11.5 Å². The monoisotopic (exact) mass is 442 g/mol. The Labute approximate surface area is 177 Å². The lowest BCUT2D eigenvalue weighted by Crippen LogP contribution is -2.33. The molecule has 0 unspecified atom stereocenters. The van der Waals surface area contributed by atoms with Crippen molar-refractivity contribution in [1.29, 1.82) is 0 Å². The predicted octanol–water partition coefficient (Wildman–Crippen LogP) is 4.43. The largest absolute Gasteiger partial charge is 0.489 e. The molecule has 1 aliphatic rings. The van der Waals surface area contributed by atoms with E-state index in [-0.39, 0.29) is 5.56 Å². The lowest BCUT2D eigenvalue weighted by atomic mass is 10.1. The number of nitrogens with zero attached hydrogens (tertiary/aromatic N) is 1. The van der Waals surface area contributed by atoms with Gasteiger partial charge in [0.15, 0.2) is 11.5 Å². The number of carbonyl (C=O) groups excluding carboxylic acids is 1. The Morgan fingerprint density at radius 3 is 2.47 bits per heavy atom. The zero-order valence-corrected chi connectivity index (χ0v) is 17.1. The van der Waals surface area contributed by atoms with Crippen LogP contribution in [0, 0.1) is 0 Å². The molecule has 1 N–H and O–H groups in total. The fourth-order valence-corrected chi connectivity index (χ4v) is 3.39. The summed E-state index contributed by atoms with van der Waals surface area (Å²) in [5.74, 6) is 0.451. The number of alkyl halides is 3. The van der Waals surface area contributed by atoms with Crippen LogP contribution in [0.15, 0.2) is 36.4 Å². The van der Waals surface area contributed by atoms with Gasteiger partial charge in [-0.1, -0.05) is 23.7 Å². The number of nitrogens with one attached hydrogen (secondary N) is 1. The minimum atomic E-state index is -4.44. The highest BCUT2D eigenvalue weighted by Crippen LogP contribution is 2.38. The van der Waals surface area contributed by atoms with E-state index in [4.69, 9.17) is 21.1 Å². The Bertz CT molecular complexity index is 888. The summed E-state index contributed by atoms with van der Waals surface area (Å²) in [6.45, 7) is 0.969. The van der Waals surface area contributed by atoms with Crippen molar-refractivity contribution in [3.05, 3.63) is 58.1 Å². The van der Waals surface area contributed by atoms with E-state index < -0.39 is 18.6 Å². The molecule has 30 heavy (non-hydrogen) atoms. The first-order chi connectivity index (χ1) is 14.2. The van der Waals surface area contributed by atoms with Crippen molar-refractivity contribution in [3.63, 3.8) is 0 Å². The number of rotatable bonds is 6. The maximum absolute atomic E-state index is 12.2. The standard InChI is InChI=1S/C21H22ClF3N2O3/c1-27(12-15-9-17(22)19-18(10-15)29-7-2-8-30-19)11-14-3-5-16(6-4-14)20(28)26-13-21(23,24)25/h3-6,9-10H,2,7-8,11-13H2,1H3,(H,26,28). The van der Waals surface area contributed by atoms with Gasteiger partial charge in [-0.25, -0.2) is 0 Å². The van der Waals surface area contributed by atoms with E-state index in [2.05, 4.69) is 0 Å². The summed E-state index contributed by atoms with van der Waals surface area (Å²) < 4.78 is 48.0. The van der Waals surface area contributed by atoms with Gasteiger partial charge in [-0.15, -0.1) is 0 Å². The van der Waals surface area contributed by atoms with Crippen LogP contribution in [0.25, 0.3) is 0 Å². The molecule has 5 nitrogen and oxygen atoms in total. The molecule has 1 aliphatic heterocycles. The summed E-state index contributed by atoms with van der Waals surface area (Å²) in [5.41, 5.74) is 2.07. The van der Waals surface area contributed by atoms with Crippen LogP contribution in [-0.2, 0) is 13.1 Å². The quantitative estimate of drug-likeness (QED) is 0.719. The second-order valence-electron chi connectivity index (χ2n) is 7.12. The first-order valence-corrected chi connectivity index (χ1v) is 9.79. The van der Waals surface area contributed by atoms with Gasteiger partial charge in [-0.3, -0.25) is 9.69 Å². The van der Waals surface area contributed by atoms with Gasteiger partial charge in [0.25, 0.3) is 5.91 Å². The average molecular weight is 443 g/mol. The van der Waals surface area contributed by atoms with Gasteiger partial charge in [0.1, 0.15) is 6.54 Å². The Morgan fingerprint density at radius 1 is 1.10 bits per heavy atom. The summed E-state index contributed by atoms with van der Waals surface area (Å²) in [6.07, 6.45) is -3.64. The summed E-state index contributed by atoms with van der Waals surface area (Å²) in [4.78, 5) is 13.8. The lowest BCUT2D eigenvalue weighted by molar-refractivity contribution is -0.123. The smallest absolute Gasteiger partial charge is 0.405 e. The molecule has 0 radical (unpaired) electrons. The van der Waals surface area contributed by atoms with Crippen LogP contribution in [0.2, 0.25) is 5.02 Å². The van der Waals surface area contributed by atoms with Crippen molar-refractivity contribution in [2.24, 2.45) is 0 Å². The highest BCUT2D eigenvalue weighted by atomic mass is 35.5. The summed E-state index contributed by atoms with van der Waals surface area (Å²) >= 11 is 6.33. The molecule has 0 atom stereocenters. The Morgan fingerprint density at radius 2 is 1.77 bits per heavy atom. The third kappa shape index (κ3) is 6.27. The molecule has 0 fully saturated rings. The van der Waals surface area contributed by atoms with Gasteiger partial charge < -0.3 is 14.8 Å². The Hall–Kier alpha value is -2.45. The molecule has 2 aromatic carbocycles. The van der Waals surface area contributed by atoms with E-state index in [1.807, 2.05) is 29.4 Å². The lowest BCUT2D eigenvalue weighted by Gasteiger charge is -2.19. The molecule has 3 rings (SSSR count). The zero-order valence-electron chi connectivity index (χ0n) is 16.4. The number of hydrogen-bond acceptors (Lipinski definition) is 4. The molecular weight excluding hydrogens is 421 g/mol. The van der Waals surface area contributed by atoms with Crippen molar-refractivity contribution in [2.75, 3.05) is 26.8 Å². The number of halogens is 4. The summed E-state index contributed by atoms with van der Waals surface area (Å²) in [7, 11) is 1.93. The molecule has 0 bridgehead atoms. The van der Waals surface area contributed by atoms with E-state index in [1.165, 1.54) is 12.1 Å². The number of hydrogen-bond donors (Lipinski definition) is 1. The molecular formula is C21H22ClF3N2O3. The Balaban J connectivity index is 1.59. The Kier molecular flexibility index (Phi) is 7.10. The molecule has 9 heteroatoms. The maximum Gasteiger partial charge on any atom is 0.405 e. The molecule has 1 heterocycles. The van der Waals surface area contributed by atoms with Crippen molar-refractivity contribution >= 4 is 17.5 Å². The second kappa shape index (κ2) is 9.57. The highest BCUT2D eigenvalue weighted by molar-refractivity contribution is 6.32. The minimum absolute atomic E-state index is 0.181. The third-order valence-corrected chi connectivity index (χ3v) is 4.71. The molecule has 0 aliphatic carbocycles. The minimum Gasteiger partial charge on any atom is -0.489 e. The summed E-state index contributed by atoms with van der Waals surface area (Å²) in [6, 6.07) is 10.2. The normalized spacial score (nSPS) is 13.8. The first-order valence-electron chi connectivity index (χ1n) is 9.42. The van der Waals surface area contributed by atoms with Crippen molar-refractivity contribution < 1.29 is 27.4 Å². The zero-order chi connectivity index (χ0) is 21.7. The van der Waals surface area contributed by atoms with Crippen molar-refractivity contribution in [1.82, 2.24) is 10.2 Å². The SMILES string of the molecule is CN(Cc1ccc(C(=O)NCC(F)(F)F)cc1)Cc1cc(Cl)c2c(c1)OCCCO2. The second-order valence-corrected chi connectivity index (χ2v) is 7.53. The molecule has 0 spiro atoms. The first kappa shape index (κ1) is 22.2. The summed E-state index contributed by atoms with van der Waals surface area (Å²) in [5, 5.41) is 2.36. The number of amides is 1. The van der Waals surface area contributed by atoms with E-state index in [0.29, 0.717) is 42.8 Å². The van der Waals surface area contributed by atoms with E-state index >= 15 is 0 Å². The van der Waals surface area contributed by atoms with Crippen molar-refractivity contribution in [2.45, 2.75) is 25.7 Å². The van der Waals surface area contributed by atoms with Crippen LogP contribution in [0.4, 0.5) is 13.2 Å². The molecule has 0 saturated heterocycles. The molecule has 1 amide bonds. The van der Waals surface area contributed by atoms with Crippen LogP contribution < -0.4 is 14.8 Å². The van der Waals surface area contributed by atoms with Crippen LogP contribution in [0.5, 0.6) is 11.5 Å². The highest BCUT2D eigenvalue weighted by Gasteiger charge is 2.27. The average Bonchev–Trinajstić information content (AvgIpc) is 2.92. The number of benzene rings is 2. The van der Waals surface area contributed by atoms with Gasteiger partial charge in [0.05, 0.1) is 18.2 Å². The van der Waals surface area contributed by atoms with Gasteiger partial charge in [-0.05, 0) is 42.4 Å². The molecule has 0 saturated carbocycles. The number of ether oxygens (including phenoxy) is 2. The van der Waals surface area contributed by atoms with E-state index in [0.717, 1.165) is 17.5 Å². The van der Waals surface area contributed by atoms with E-state index in [9.17, 15) is 18.0 Å². The maximum atomic E-state index is 12.2. The van der Waals surface area contributed by atoms with Crippen LogP contribution >= 0.6 is 11.6 Å². The van der Waals surface area contributed by atoms with E-state index in [1.54, 1.807) is 12.1 Å². The van der Waals surface area contributed by atoms with Gasteiger partial charge in [0, 0.05) is 25.1 Å². The third-order valence-electron chi connectivity index (χ3n) is 4.43. The molecule has 162 valence electrons. The molecule has 0 aromatic heterocycles. The predicted molar refractivity (Wildman–Crippen MR) is 107 cm³/mol. The fraction of sp³-hybridized carbons (Fsp3) is 0.381. The van der Waals surface area contributed by atoms with Crippen LogP contribution in [-0.4, -0.2) is 43.8 Å². The van der Waals surface area contributed by atoms with Crippen LogP contribution in [0.1, 0.15) is 27.9 Å². The van der Waals surface area contributed by atoms with Gasteiger partial charge in [-0.2, -0.15) is 13.2 Å². The number of fused-ring (bicyclic) bond motifs is 1. The fourth-order valence-electron chi connectivity index (χ4n) is 3.10. The van der Waals surface area contributed by atoms with Gasteiger partial charge in [0.2, 0.25) is 0 Å².